The molecule has 0 aliphatic heterocycles. The Balaban J connectivity index is 1.43. The number of benzene rings is 3. The van der Waals surface area contributed by atoms with Crippen LogP contribution in [0.1, 0.15) is 23.4 Å². The van der Waals surface area contributed by atoms with Crippen molar-refractivity contribution in [1.82, 2.24) is 9.55 Å². The van der Waals surface area contributed by atoms with Gasteiger partial charge in [-0.1, -0.05) is 42.0 Å². The molecule has 4 nitrogen and oxygen atoms in total. The molecule has 148 valence electrons. The Kier molecular flexibility index (Phi) is 5.80. The summed E-state index contributed by atoms with van der Waals surface area (Å²) >= 11 is 0. The van der Waals surface area contributed by atoms with Crippen LogP contribution in [-0.2, 0) is 13.2 Å². The molecule has 0 aliphatic carbocycles. The Labute approximate surface area is 171 Å². The third kappa shape index (κ3) is 4.77. The van der Waals surface area contributed by atoms with Crippen LogP contribution in [0.3, 0.4) is 0 Å². The maximum atomic E-state index is 5.99. The van der Waals surface area contributed by atoms with E-state index in [1.54, 1.807) is 0 Å². The quantitative estimate of drug-likeness (QED) is 0.364. The smallest absolute Gasteiger partial charge is 0.147 e. The van der Waals surface area contributed by atoms with Gasteiger partial charge in [0.1, 0.15) is 23.9 Å². The SMILES string of the molecule is Cc1ccc(OCc2nc3ccccc3n2CCCOc2cccc(C)c2)cc1. The standard InChI is InChI=1S/C25H26N2O2/c1-19-11-13-21(14-12-19)29-18-25-26-23-9-3-4-10-24(23)27(25)15-6-16-28-22-8-5-7-20(2)17-22/h3-5,7-14,17H,6,15-16,18H2,1-2H3. The highest BCUT2D eigenvalue weighted by molar-refractivity contribution is 5.75. The molecule has 0 atom stereocenters. The molecule has 0 N–H and O–H groups in total. The van der Waals surface area contributed by atoms with Crippen LogP contribution in [0.25, 0.3) is 11.0 Å². The number of ether oxygens (including phenoxy) is 2. The highest BCUT2D eigenvalue weighted by Crippen LogP contribution is 2.20. The summed E-state index contributed by atoms with van der Waals surface area (Å²) in [7, 11) is 0. The van der Waals surface area contributed by atoms with E-state index >= 15 is 0 Å². The Morgan fingerprint density at radius 3 is 2.45 bits per heavy atom. The van der Waals surface area contributed by atoms with Gasteiger partial charge in [-0.05, 0) is 62.2 Å². The Hall–Kier alpha value is -3.27. The number of fused-ring (bicyclic) bond motifs is 1. The van der Waals surface area contributed by atoms with Crippen molar-refractivity contribution in [1.29, 1.82) is 0 Å². The lowest BCUT2D eigenvalue weighted by atomic mass is 10.2. The summed E-state index contributed by atoms with van der Waals surface area (Å²) in [6, 6.07) is 24.5. The summed E-state index contributed by atoms with van der Waals surface area (Å²) in [5.41, 5.74) is 4.55. The molecule has 0 bridgehead atoms. The Bertz CT molecular complexity index is 1080. The summed E-state index contributed by atoms with van der Waals surface area (Å²) in [4.78, 5) is 4.79. The molecule has 0 fully saturated rings. The predicted octanol–water partition coefficient (Wildman–Crippen LogP) is 5.70. The van der Waals surface area contributed by atoms with Crippen molar-refractivity contribution >= 4 is 11.0 Å². The lowest BCUT2D eigenvalue weighted by Crippen LogP contribution is -2.10. The van der Waals surface area contributed by atoms with Gasteiger partial charge in [0, 0.05) is 6.54 Å². The molecule has 1 aromatic heterocycles. The third-order valence-electron chi connectivity index (χ3n) is 4.91. The van der Waals surface area contributed by atoms with Crippen LogP contribution in [0.15, 0.2) is 72.8 Å². The second-order valence-electron chi connectivity index (χ2n) is 7.29. The molecule has 0 radical (unpaired) electrons. The van der Waals surface area contributed by atoms with Crippen LogP contribution in [0.2, 0.25) is 0 Å². The van der Waals surface area contributed by atoms with Crippen molar-refractivity contribution < 1.29 is 9.47 Å². The topological polar surface area (TPSA) is 36.3 Å². The van der Waals surface area contributed by atoms with Crippen molar-refractivity contribution in [2.75, 3.05) is 6.61 Å². The fraction of sp³-hybridized carbons (Fsp3) is 0.240. The summed E-state index contributed by atoms with van der Waals surface area (Å²) in [6.45, 7) is 6.08. The zero-order chi connectivity index (χ0) is 20.1. The molecule has 0 amide bonds. The third-order valence-corrected chi connectivity index (χ3v) is 4.91. The zero-order valence-corrected chi connectivity index (χ0v) is 17.0. The lowest BCUT2D eigenvalue weighted by molar-refractivity contribution is 0.280. The van der Waals surface area contributed by atoms with Gasteiger partial charge in [0.05, 0.1) is 17.6 Å². The normalized spacial score (nSPS) is 11.0. The molecule has 1 heterocycles. The lowest BCUT2D eigenvalue weighted by Gasteiger charge is -2.12. The van der Waals surface area contributed by atoms with Crippen molar-refractivity contribution in [2.45, 2.75) is 33.4 Å². The molecule has 29 heavy (non-hydrogen) atoms. The van der Waals surface area contributed by atoms with Crippen LogP contribution in [-0.4, -0.2) is 16.2 Å². The highest BCUT2D eigenvalue weighted by atomic mass is 16.5. The second kappa shape index (κ2) is 8.82. The molecule has 4 heteroatoms. The van der Waals surface area contributed by atoms with E-state index in [-0.39, 0.29) is 0 Å². The van der Waals surface area contributed by atoms with E-state index in [1.165, 1.54) is 11.1 Å². The van der Waals surface area contributed by atoms with Crippen LogP contribution in [0, 0.1) is 13.8 Å². The summed E-state index contributed by atoms with van der Waals surface area (Å²) in [6.07, 6.45) is 0.895. The van der Waals surface area contributed by atoms with Gasteiger partial charge in [-0.25, -0.2) is 4.98 Å². The minimum atomic E-state index is 0.441. The minimum absolute atomic E-state index is 0.441. The summed E-state index contributed by atoms with van der Waals surface area (Å²) in [5, 5.41) is 0. The molecular weight excluding hydrogens is 360 g/mol. The first-order valence-electron chi connectivity index (χ1n) is 10.0. The van der Waals surface area contributed by atoms with Crippen molar-refractivity contribution in [3.05, 3.63) is 89.7 Å². The second-order valence-corrected chi connectivity index (χ2v) is 7.29. The van der Waals surface area contributed by atoms with Gasteiger partial charge in [-0.2, -0.15) is 0 Å². The molecule has 0 aliphatic rings. The molecule has 4 rings (SSSR count). The van der Waals surface area contributed by atoms with Gasteiger partial charge in [0.25, 0.3) is 0 Å². The minimum Gasteiger partial charge on any atom is -0.494 e. The van der Waals surface area contributed by atoms with Crippen LogP contribution in [0.5, 0.6) is 11.5 Å². The molecule has 0 spiro atoms. The van der Waals surface area contributed by atoms with E-state index in [2.05, 4.69) is 48.7 Å². The van der Waals surface area contributed by atoms with E-state index in [1.807, 2.05) is 42.5 Å². The number of hydrogen-bond acceptors (Lipinski definition) is 3. The maximum Gasteiger partial charge on any atom is 0.147 e. The van der Waals surface area contributed by atoms with Gasteiger partial charge in [-0.3, -0.25) is 0 Å². The van der Waals surface area contributed by atoms with Gasteiger partial charge >= 0.3 is 0 Å². The first kappa shape index (κ1) is 19.1. The molecule has 0 saturated carbocycles. The molecule has 4 aromatic rings. The summed E-state index contributed by atoms with van der Waals surface area (Å²) < 4.78 is 14.1. The van der Waals surface area contributed by atoms with Gasteiger partial charge in [-0.15, -0.1) is 0 Å². The van der Waals surface area contributed by atoms with Crippen molar-refractivity contribution in [2.24, 2.45) is 0 Å². The summed E-state index contributed by atoms with van der Waals surface area (Å²) in [5.74, 6) is 2.71. The molecule has 3 aromatic carbocycles. The van der Waals surface area contributed by atoms with Crippen LogP contribution < -0.4 is 9.47 Å². The first-order chi connectivity index (χ1) is 14.2. The maximum absolute atomic E-state index is 5.99. The number of imidazole rings is 1. The molecule has 0 unspecified atom stereocenters. The van der Waals surface area contributed by atoms with E-state index in [0.29, 0.717) is 13.2 Å². The largest absolute Gasteiger partial charge is 0.494 e. The number of hydrogen-bond donors (Lipinski definition) is 0. The van der Waals surface area contributed by atoms with Crippen molar-refractivity contribution in [3.8, 4) is 11.5 Å². The average molecular weight is 386 g/mol. The predicted molar refractivity (Wildman–Crippen MR) is 117 cm³/mol. The van der Waals surface area contributed by atoms with E-state index in [0.717, 1.165) is 41.3 Å². The van der Waals surface area contributed by atoms with Gasteiger partial charge in [0.15, 0.2) is 0 Å². The van der Waals surface area contributed by atoms with Gasteiger partial charge in [0.2, 0.25) is 0 Å². The average Bonchev–Trinajstić information content (AvgIpc) is 3.08. The highest BCUT2D eigenvalue weighted by Gasteiger charge is 2.11. The number of aryl methyl sites for hydroxylation is 3. The number of rotatable bonds is 8. The number of para-hydroxylation sites is 2. The fourth-order valence-corrected chi connectivity index (χ4v) is 3.39. The van der Waals surface area contributed by atoms with E-state index in [9.17, 15) is 0 Å². The number of nitrogens with zero attached hydrogens (tertiary/aromatic N) is 2. The van der Waals surface area contributed by atoms with Gasteiger partial charge < -0.3 is 14.0 Å². The van der Waals surface area contributed by atoms with Crippen LogP contribution >= 0.6 is 0 Å². The van der Waals surface area contributed by atoms with E-state index in [4.69, 9.17) is 14.5 Å². The molecule has 0 saturated heterocycles. The Morgan fingerprint density at radius 2 is 1.62 bits per heavy atom. The number of aromatic nitrogens is 2. The fourth-order valence-electron chi connectivity index (χ4n) is 3.39. The zero-order valence-electron chi connectivity index (χ0n) is 17.0. The monoisotopic (exact) mass is 386 g/mol. The van der Waals surface area contributed by atoms with Crippen LogP contribution in [0.4, 0.5) is 0 Å². The molecular formula is C25H26N2O2. The van der Waals surface area contributed by atoms with E-state index < -0.39 is 0 Å². The van der Waals surface area contributed by atoms with Crippen molar-refractivity contribution in [3.63, 3.8) is 0 Å². The Morgan fingerprint density at radius 1 is 0.793 bits per heavy atom. The first-order valence-corrected chi connectivity index (χ1v) is 10.0.